The van der Waals surface area contributed by atoms with Gasteiger partial charge in [0.1, 0.15) is 0 Å². The monoisotopic (exact) mass is 255 g/mol. The fraction of sp³-hybridized carbons (Fsp3) is 0.500. The highest BCUT2D eigenvalue weighted by Crippen LogP contribution is 2.21. The van der Waals surface area contributed by atoms with Gasteiger partial charge in [-0.15, -0.1) is 0 Å². The van der Waals surface area contributed by atoms with Crippen molar-refractivity contribution >= 4 is 15.9 Å². The lowest BCUT2D eigenvalue weighted by Gasteiger charge is -2.17. The highest BCUT2D eigenvalue weighted by molar-refractivity contribution is 9.10. The van der Waals surface area contributed by atoms with E-state index in [1.54, 1.807) is 0 Å². The Morgan fingerprint density at radius 3 is 2.71 bits per heavy atom. The summed E-state index contributed by atoms with van der Waals surface area (Å²) in [6.07, 6.45) is 2.41. The molecule has 0 aliphatic carbocycles. The van der Waals surface area contributed by atoms with Crippen molar-refractivity contribution in [1.29, 1.82) is 0 Å². The van der Waals surface area contributed by atoms with Crippen LogP contribution in [0.1, 0.15) is 38.3 Å². The standard InChI is InChI=1S/C12H18BrN/c1-3-6-12(14-4-2)10-7-5-8-11(13)9-10/h5,7-9,12,14H,3-4,6H2,1-2H3. The van der Waals surface area contributed by atoms with Crippen molar-refractivity contribution < 1.29 is 0 Å². The molecule has 1 aromatic rings. The molecule has 1 nitrogen and oxygen atoms in total. The van der Waals surface area contributed by atoms with Gasteiger partial charge in [0, 0.05) is 10.5 Å². The van der Waals surface area contributed by atoms with Gasteiger partial charge in [0.15, 0.2) is 0 Å². The number of nitrogens with one attached hydrogen (secondary N) is 1. The Bertz CT molecular complexity index is 267. The van der Waals surface area contributed by atoms with Crippen molar-refractivity contribution in [2.75, 3.05) is 6.54 Å². The molecule has 1 N–H and O–H groups in total. The second kappa shape index (κ2) is 6.20. The molecular weight excluding hydrogens is 238 g/mol. The Balaban J connectivity index is 2.75. The minimum Gasteiger partial charge on any atom is -0.310 e. The lowest BCUT2D eigenvalue weighted by molar-refractivity contribution is 0.509. The Hall–Kier alpha value is -0.340. The third kappa shape index (κ3) is 3.43. The summed E-state index contributed by atoms with van der Waals surface area (Å²) in [5, 5.41) is 3.51. The number of hydrogen-bond donors (Lipinski definition) is 1. The number of rotatable bonds is 5. The Labute approximate surface area is 95.0 Å². The topological polar surface area (TPSA) is 12.0 Å². The summed E-state index contributed by atoms with van der Waals surface area (Å²) in [5.74, 6) is 0. The van der Waals surface area contributed by atoms with Crippen LogP contribution in [0.15, 0.2) is 28.7 Å². The van der Waals surface area contributed by atoms with Gasteiger partial charge < -0.3 is 5.32 Å². The molecule has 0 aliphatic rings. The van der Waals surface area contributed by atoms with Crippen LogP contribution in [0, 0.1) is 0 Å². The molecule has 14 heavy (non-hydrogen) atoms. The maximum atomic E-state index is 3.51. The van der Waals surface area contributed by atoms with Crippen molar-refractivity contribution in [3.63, 3.8) is 0 Å². The first-order valence-electron chi connectivity index (χ1n) is 5.26. The molecule has 0 radical (unpaired) electrons. The number of hydrogen-bond acceptors (Lipinski definition) is 1. The van der Waals surface area contributed by atoms with Crippen LogP contribution in [-0.4, -0.2) is 6.54 Å². The van der Waals surface area contributed by atoms with Crippen LogP contribution < -0.4 is 5.32 Å². The average molecular weight is 256 g/mol. The predicted molar refractivity (Wildman–Crippen MR) is 65.5 cm³/mol. The summed E-state index contributed by atoms with van der Waals surface area (Å²) in [4.78, 5) is 0. The zero-order valence-corrected chi connectivity index (χ0v) is 10.5. The van der Waals surface area contributed by atoms with E-state index >= 15 is 0 Å². The molecule has 0 amide bonds. The van der Waals surface area contributed by atoms with Crippen LogP contribution in [0.25, 0.3) is 0 Å². The summed E-state index contributed by atoms with van der Waals surface area (Å²) in [6.45, 7) is 5.40. The first-order valence-corrected chi connectivity index (χ1v) is 6.06. The Morgan fingerprint density at radius 2 is 2.14 bits per heavy atom. The van der Waals surface area contributed by atoms with Crippen LogP contribution >= 0.6 is 15.9 Å². The predicted octanol–water partition coefficient (Wildman–Crippen LogP) is 3.90. The van der Waals surface area contributed by atoms with E-state index in [9.17, 15) is 0 Å². The molecule has 2 heteroatoms. The summed E-state index contributed by atoms with van der Waals surface area (Å²) in [6, 6.07) is 9.05. The summed E-state index contributed by atoms with van der Waals surface area (Å²) in [7, 11) is 0. The van der Waals surface area contributed by atoms with E-state index in [1.807, 2.05) is 0 Å². The van der Waals surface area contributed by atoms with Gasteiger partial charge in [-0.2, -0.15) is 0 Å². The van der Waals surface area contributed by atoms with E-state index in [0.717, 1.165) is 11.0 Å². The molecule has 1 aromatic carbocycles. The smallest absolute Gasteiger partial charge is 0.0320 e. The van der Waals surface area contributed by atoms with Crippen LogP contribution in [0.5, 0.6) is 0 Å². The molecule has 0 heterocycles. The van der Waals surface area contributed by atoms with Gasteiger partial charge in [-0.05, 0) is 30.7 Å². The van der Waals surface area contributed by atoms with E-state index in [-0.39, 0.29) is 0 Å². The molecule has 0 fully saturated rings. The van der Waals surface area contributed by atoms with E-state index in [0.29, 0.717) is 6.04 Å². The molecule has 1 rings (SSSR count). The summed E-state index contributed by atoms with van der Waals surface area (Å²) < 4.78 is 1.16. The van der Waals surface area contributed by atoms with E-state index in [1.165, 1.54) is 18.4 Å². The van der Waals surface area contributed by atoms with Gasteiger partial charge in [-0.3, -0.25) is 0 Å². The van der Waals surface area contributed by atoms with Crippen molar-refractivity contribution in [2.24, 2.45) is 0 Å². The van der Waals surface area contributed by atoms with Crippen molar-refractivity contribution in [2.45, 2.75) is 32.7 Å². The molecule has 0 saturated carbocycles. The molecule has 0 bridgehead atoms. The normalized spacial score (nSPS) is 12.8. The quantitative estimate of drug-likeness (QED) is 0.842. The molecule has 0 spiro atoms. The van der Waals surface area contributed by atoms with E-state index in [4.69, 9.17) is 0 Å². The second-order valence-corrected chi connectivity index (χ2v) is 4.37. The van der Waals surface area contributed by atoms with Crippen molar-refractivity contribution in [3.8, 4) is 0 Å². The first-order chi connectivity index (χ1) is 6.77. The SMILES string of the molecule is CCCC(NCC)c1cccc(Br)c1. The van der Waals surface area contributed by atoms with Gasteiger partial charge >= 0.3 is 0 Å². The third-order valence-electron chi connectivity index (χ3n) is 2.28. The molecule has 0 aliphatic heterocycles. The van der Waals surface area contributed by atoms with Crippen LogP contribution in [0.3, 0.4) is 0 Å². The van der Waals surface area contributed by atoms with Crippen molar-refractivity contribution in [1.82, 2.24) is 5.32 Å². The molecule has 1 atom stereocenters. The van der Waals surface area contributed by atoms with Crippen molar-refractivity contribution in [3.05, 3.63) is 34.3 Å². The number of benzene rings is 1. The van der Waals surface area contributed by atoms with Gasteiger partial charge in [-0.25, -0.2) is 0 Å². The van der Waals surface area contributed by atoms with Gasteiger partial charge in [0.05, 0.1) is 0 Å². The second-order valence-electron chi connectivity index (χ2n) is 3.45. The minimum atomic E-state index is 0.502. The lowest BCUT2D eigenvalue weighted by atomic mass is 10.0. The Morgan fingerprint density at radius 1 is 1.36 bits per heavy atom. The fourth-order valence-electron chi connectivity index (χ4n) is 1.64. The first kappa shape index (κ1) is 11.7. The van der Waals surface area contributed by atoms with Crippen LogP contribution in [0.4, 0.5) is 0 Å². The Kier molecular flexibility index (Phi) is 5.20. The molecule has 0 saturated heterocycles. The molecular formula is C12H18BrN. The zero-order chi connectivity index (χ0) is 10.4. The lowest BCUT2D eigenvalue weighted by Crippen LogP contribution is -2.20. The van der Waals surface area contributed by atoms with Crippen LogP contribution in [-0.2, 0) is 0 Å². The molecule has 1 unspecified atom stereocenters. The summed E-state index contributed by atoms with van der Waals surface area (Å²) in [5.41, 5.74) is 1.38. The van der Waals surface area contributed by atoms with E-state index < -0.39 is 0 Å². The van der Waals surface area contributed by atoms with E-state index in [2.05, 4.69) is 59.4 Å². The van der Waals surface area contributed by atoms with Gasteiger partial charge in [-0.1, -0.05) is 48.3 Å². The average Bonchev–Trinajstić information content (AvgIpc) is 2.17. The molecule has 78 valence electrons. The number of halogens is 1. The minimum absolute atomic E-state index is 0.502. The summed E-state index contributed by atoms with van der Waals surface area (Å²) >= 11 is 3.50. The fourth-order valence-corrected chi connectivity index (χ4v) is 2.06. The highest BCUT2D eigenvalue weighted by atomic mass is 79.9. The van der Waals surface area contributed by atoms with Crippen LogP contribution in [0.2, 0.25) is 0 Å². The van der Waals surface area contributed by atoms with Gasteiger partial charge in [0.25, 0.3) is 0 Å². The van der Waals surface area contributed by atoms with Gasteiger partial charge in [0.2, 0.25) is 0 Å². The highest BCUT2D eigenvalue weighted by Gasteiger charge is 2.08. The zero-order valence-electron chi connectivity index (χ0n) is 8.89. The largest absolute Gasteiger partial charge is 0.310 e. The molecule has 0 aromatic heterocycles. The maximum Gasteiger partial charge on any atom is 0.0320 e. The maximum absolute atomic E-state index is 3.51. The third-order valence-corrected chi connectivity index (χ3v) is 2.77.